The molecule has 0 unspecified atom stereocenters. The molecule has 0 fully saturated rings. The van der Waals surface area contributed by atoms with E-state index in [0.29, 0.717) is 28.9 Å². The van der Waals surface area contributed by atoms with Gasteiger partial charge in [0.05, 0.1) is 22.1 Å². The summed E-state index contributed by atoms with van der Waals surface area (Å²) in [5.74, 6) is -0.425. The quantitative estimate of drug-likeness (QED) is 0.676. The maximum absolute atomic E-state index is 12.5. The zero-order valence-electron chi connectivity index (χ0n) is 16.0. The molecule has 0 radical (unpaired) electrons. The van der Waals surface area contributed by atoms with Gasteiger partial charge in [-0.3, -0.25) is 9.52 Å². The number of nitrogens with one attached hydrogen (secondary N) is 2. The van der Waals surface area contributed by atoms with Gasteiger partial charge in [-0.05, 0) is 55.3 Å². The number of sulfone groups is 1. The molecule has 0 atom stereocenters. The molecule has 2 aromatic rings. The summed E-state index contributed by atoms with van der Waals surface area (Å²) in [5.41, 5.74) is 1.75. The fourth-order valence-electron chi connectivity index (χ4n) is 2.54. The van der Waals surface area contributed by atoms with Crippen LogP contribution in [0.5, 0.6) is 0 Å². The van der Waals surface area contributed by atoms with E-state index in [1.165, 1.54) is 24.3 Å². The topological polar surface area (TPSA) is 109 Å². The molecule has 9 heteroatoms. The molecule has 0 bridgehead atoms. The second-order valence-corrected chi connectivity index (χ2v) is 10.4. The zero-order valence-corrected chi connectivity index (χ0v) is 17.7. The largest absolute Gasteiger partial charge is 0.322 e. The lowest BCUT2D eigenvalue weighted by Crippen LogP contribution is -2.18. The summed E-state index contributed by atoms with van der Waals surface area (Å²) in [7, 11) is -6.78. The van der Waals surface area contributed by atoms with Gasteiger partial charge in [-0.25, -0.2) is 16.8 Å². The fraction of sp³-hybridized carbons (Fsp3) is 0.316. The van der Waals surface area contributed by atoms with Crippen molar-refractivity contribution < 1.29 is 21.6 Å². The predicted molar refractivity (Wildman–Crippen MR) is 111 cm³/mol. The van der Waals surface area contributed by atoms with E-state index in [1.807, 2.05) is 0 Å². The summed E-state index contributed by atoms with van der Waals surface area (Å²) in [5, 5.41) is 2.73. The van der Waals surface area contributed by atoms with Crippen LogP contribution in [0, 0.1) is 6.92 Å². The molecule has 0 saturated carbocycles. The molecule has 1 amide bonds. The summed E-state index contributed by atoms with van der Waals surface area (Å²) in [6.45, 7) is 5.04. The Hall–Kier alpha value is -2.39. The Bertz CT molecular complexity index is 1060. The molecule has 0 aliphatic heterocycles. The molecule has 0 saturated heterocycles. The monoisotopic (exact) mass is 424 g/mol. The summed E-state index contributed by atoms with van der Waals surface area (Å²) in [4.78, 5) is 12.7. The Morgan fingerprint density at radius 1 is 0.929 bits per heavy atom. The van der Waals surface area contributed by atoms with Gasteiger partial charge < -0.3 is 5.32 Å². The molecule has 2 aromatic carbocycles. The van der Waals surface area contributed by atoms with E-state index >= 15 is 0 Å². The van der Waals surface area contributed by atoms with Crippen molar-refractivity contribution in [3.63, 3.8) is 0 Å². The molecule has 7 nitrogen and oxygen atoms in total. The van der Waals surface area contributed by atoms with E-state index in [4.69, 9.17) is 0 Å². The lowest BCUT2D eigenvalue weighted by Gasteiger charge is -2.14. The number of benzene rings is 2. The van der Waals surface area contributed by atoms with Crippen LogP contribution in [0.4, 0.5) is 11.4 Å². The molecule has 0 spiro atoms. The van der Waals surface area contributed by atoms with Crippen LogP contribution in [0.3, 0.4) is 0 Å². The minimum atomic E-state index is -3.45. The molecule has 0 aromatic heterocycles. The summed E-state index contributed by atoms with van der Waals surface area (Å²) < 4.78 is 50.2. The molecule has 28 heavy (non-hydrogen) atoms. The van der Waals surface area contributed by atoms with Gasteiger partial charge in [-0.1, -0.05) is 19.9 Å². The smallest absolute Gasteiger partial charge is 0.255 e. The zero-order chi connectivity index (χ0) is 20.9. The van der Waals surface area contributed by atoms with Gasteiger partial charge in [0.2, 0.25) is 10.0 Å². The number of rotatable bonds is 8. The number of hydrogen-bond donors (Lipinski definition) is 2. The van der Waals surface area contributed by atoms with Crippen molar-refractivity contribution in [1.82, 2.24) is 0 Å². The average molecular weight is 425 g/mol. The highest BCUT2D eigenvalue weighted by Gasteiger charge is 2.15. The number of sulfonamides is 1. The predicted octanol–water partition coefficient (Wildman–Crippen LogP) is 3.19. The van der Waals surface area contributed by atoms with Gasteiger partial charge in [0.15, 0.2) is 9.84 Å². The Morgan fingerprint density at radius 3 is 2.11 bits per heavy atom. The van der Waals surface area contributed by atoms with E-state index in [1.54, 1.807) is 39.0 Å². The minimum absolute atomic E-state index is 0.00996. The van der Waals surface area contributed by atoms with Crippen LogP contribution < -0.4 is 10.0 Å². The normalized spacial score (nSPS) is 11.8. The molecule has 0 aliphatic carbocycles. The Morgan fingerprint density at radius 2 is 1.54 bits per heavy atom. The Kier molecular flexibility index (Phi) is 6.84. The maximum Gasteiger partial charge on any atom is 0.255 e. The molecule has 0 aliphatic rings. The van der Waals surface area contributed by atoms with Gasteiger partial charge in [-0.15, -0.1) is 0 Å². The third-order valence-electron chi connectivity index (χ3n) is 4.18. The molecular weight excluding hydrogens is 400 g/mol. The first-order valence-corrected chi connectivity index (χ1v) is 12.1. The summed E-state index contributed by atoms with van der Waals surface area (Å²) >= 11 is 0. The second kappa shape index (κ2) is 8.74. The molecule has 0 heterocycles. The van der Waals surface area contributed by atoms with Crippen molar-refractivity contribution in [2.75, 3.05) is 21.5 Å². The van der Waals surface area contributed by atoms with Crippen LogP contribution in [0.15, 0.2) is 47.4 Å². The highest BCUT2D eigenvalue weighted by molar-refractivity contribution is 7.92. The summed E-state index contributed by atoms with van der Waals surface area (Å²) in [6, 6.07) is 10.6. The average Bonchev–Trinajstić information content (AvgIpc) is 2.64. The third kappa shape index (κ3) is 5.32. The number of hydrogen-bond acceptors (Lipinski definition) is 5. The molecule has 152 valence electrons. The Balaban J connectivity index is 2.22. The number of anilines is 2. The van der Waals surface area contributed by atoms with E-state index in [9.17, 15) is 21.6 Å². The third-order valence-corrected chi connectivity index (χ3v) is 7.40. The minimum Gasteiger partial charge on any atom is -0.322 e. The summed E-state index contributed by atoms with van der Waals surface area (Å²) in [6.07, 6.45) is 0.495. The van der Waals surface area contributed by atoms with Gasteiger partial charge in [0.25, 0.3) is 5.91 Å². The maximum atomic E-state index is 12.5. The lowest BCUT2D eigenvalue weighted by atomic mass is 10.1. The van der Waals surface area contributed by atoms with Gasteiger partial charge in [0.1, 0.15) is 0 Å². The van der Waals surface area contributed by atoms with E-state index < -0.39 is 25.8 Å². The van der Waals surface area contributed by atoms with Crippen molar-refractivity contribution in [3.8, 4) is 0 Å². The van der Waals surface area contributed by atoms with E-state index in [0.717, 1.165) is 0 Å². The van der Waals surface area contributed by atoms with Crippen LogP contribution in [0.2, 0.25) is 0 Å². The first kappa shape index (κ1) is 21.9. The van der Waals surface area contributed by atoms with Crippen molar-refractivity contribution in [2.24, 2.45) is 0 Å². The van der Waals surface area contributed by atoms with Crippen LogP contribution in [0.25, 0.3) is 0 Å². The molecule has 2 rings (SSSR count). The van der Waals surface area contributed by atoms with Gasteiger partial charge in [0, 0.05) is 11.3 Å². The van der Waals surface area contributed by atoms with Crippen molar-refractivity contribution >= 4 is 37.1 Å². The standard InChI is InChI=1S/C19H24N2O5S2/c1-4-13-28(25,26)21-18-8-6-7-17(14(18)3)20-19(22)15-9-11-16(12-10-15)27(23,24)5-2/h6-12,21H,4-5,13H2,1-3H3,(H,20,22). The Labute approximate surface area is 166 Å². The van der Waals surface area contributed by atoms with Crippen molar-refractivity contribution in [3.05, 3.63) is 53.6 Å². The number of carbonyl (C=O) groups is 1. The van der Waals surface area contributed by atoms with Crippen LogP contribution in [-0.2, 0) is 19.9 Å². The van der Waals surface area contributed by atoms with E-state index in [-0.39, 0.29) is 16.4 Å². The highest BCUT2D eigenvalue weighted by atomic mass is 32.2. The first-order valence-electron chi connectivity index (χ1n) is 8.84. The first-order chi connectivity index (χ1) is 13.1. The highest BCUT2D eigenvalue weighted by Crippen LogP contribution is 2.25. The van der Waals surface area contributed by atoms with Crippen molar-refractivity contribution in [1.29, 1.82) is 0 Å². The van der Waals surface area contributed by atoms with Gasteiger partial charge >= 0.3 is 0 Å². The van der Waals surface area contributed by atoms with Crippen LogP contribution in [-0.4, -0.2) is 34.2 Å². The van der Waals surface area contributed by atoms with E-state index in [2.05, 4.69) is 10.0 Å². The SMILES string of the molecule is CCCS(=O)(=O)Nc1cccc(NC(=O)c2ccc(S(=O)(=O)CC)cc2)c1C. The lowest BCUT2D eigenvalue weighted by molar-refractivity contribution is 0.102. The molecular formula is C19H24N2O5S2. The van der Waals surface area contributed by atoms with Gasteiger partial charge in [-0.2, -0.15) is 0 Å². The van der Waals surface area contributed by atoms with Crippen molar-refractivity contribution in [2.45, 2.75) is 32.1 Å². The van der Waals surface area contributed by atoms with Crippen LogP contribution >= 0.6 is 0 Å². The second-order valence-electron chi connectivity index (χ2n) is 6.28. The van der Waals surface area contributed by atoms with Crippen LogP contribution in [0.1, 0.15) is 36.2 Å². The number of carbonyl (C=O) groups excluding carboxylic acids is 1. The number of amides is 1. The molecule has 2 N–H and O–H groups in total. The fourth-order valence-corrected chi connectivity index (χ4v) is 4.62.